The van der Waals surface area contributed by atoms with E-state index in [1.165, 1.54) is 0 Å². The third kappa shape index (κ3) is 3.80. The number of amides is 1. The fourth-order valence-electron chi connectivity index (χ4n) is 2.73. The first kappa shape index (κ1) is 14.1. The lowest BCUT2D eigenvalue weighted by atomic mass is 10.1. The number of aryl methyl sites for hydroxylation is 2. The van der Waals surface area contributed by atoms with Gasteiger partial charge in [0.15, 0.2) is 0 Å². The van der Waals surface area contributed by atoms with Gasteiger partial charge in [-0.15, -0.1) is 0 Å². The molecule has 0 aromatic carbocycles. The second-order valence-electron chi connectivity index (χ2n) is 5.54. The van der Waals surface area contributed by atoms with Crippen molar-refractivity contribution in [3.8, 4) is 0 Å². The highest BCUT2D eigenvalue weighted by Crippen LogP contribution is 2.08. The van der Waals surface area contributed by atoms with Gasteiger partial charge >= 0.3 is 0 Å². The maximum atomic E-state index is 12.2. The second-order valence-corrected chi connectivity index (χ2v) is 5.54. The summed E-state index contributed by atoms with van der Waals surface area (Å²) < 4.78 is 2.09. The Kier molecular flexibility index (Phi) is 4.58. The van der Waals surface area contributed by atoms with E-state index in [4.69, 9.17) is 0 Å². The Bertz CT molecular complexity index is 419. The zero-order valence-electron chi connectivity index (χ0n) is 12.1. The standard InChI is InChI=1S/C14H24N4O/c1-11-9-18(10-12(2)16-11)14(19)5-4-7-17-8-6-15-13(17)3/h6,8,11-12,16H,4-5,7,9-10H2,1-3H3/t11-,12-/m1/s1. The van der Waals surface area contributed by atoms with Crippen molar-refractivity contribution < 1.29 is 4.79 Å². The molecule has 1 amide bonds. The number of carbonyl (C=O) groups excluding carboxylic acids is 1. The van der Waals surface area contributed by atoms with Gasteiger partial charge in [-0.3, -0.25) is 4.79 Å². The fraction of sp³-hybridized carbons (Fsp3) is 0.714. The Hall–Kier alpha value is -1.36. The van der Waals surface area contributed by atoms with E-state index in [1.807, 2.05) is 18.0 Å². The van der Waals surface area contributed by atoms with E-state index in [0.29, 0.717) is 18.5 Å². The van der Waals surface area contributed by atoms with E-state index >= 15 is 0 Å². The topological polar surface area (TPSA) is 50.2 Å². The number of aromatic nitrogens is 2. The molecule has 5 heteroatoms. The van der Waals surface area contributed by atoms with Gasteiger partial charge in [0.05, 0.1) is 0 Å². The molecule has 2 atom stereocenters. The van der Waals surface area contributed by atoms with Gasteiger partial charge < -0.3 is 14.8 Å². The van der Waals surface area contributed by atoms with Crippen molar-refractivity contribution in [1.82, 2.24) is 19.8 Å². The van der Waals surface area contributed by atoms with Gasteiger partial charge in [-0.05, 0) is 27.2 Å². The molecule has 1 saturated heterocycles. The van der Waals surface area contributed by atoms with Crippen LogP contribution in [0.4, 0.5) is 0 Å². The van der Waals surface area contributed by atoms with Crippen molar-refractivity contribution in [2.24, 2.45) is 0 Å². The fourth-order valence-corrected chi connectivity index (χ4v) is 2.73. The zero-order chi connectivity index (χ0) is 13.8. The van der Waals surface area contributed by atoms with Crippen LogP contribution in [0.1, 0.15) is 32.5 Å². The zero-order valence-corrected chi connectivity index (χ0v) is 12.1. The summed E-state index contributed by atoms with van der Waals surface area (Å²) in [7, 11) is 0. The largest absolute Gasteiger partial charge is 0.340 e. The Labute approximate surface area is 115 Å². The maximum absolute atomic E-state index is 12.2. The Morgan fingerprint density at radius 2 is 2.11 bits per heavy atom. The molecule has 19 heavy (non-hydrogen) atoms. The van der Waals surface area contributed by atoms with E-state index in [9.17, 15) is 4.79 Å². The molecule has 1 N–H and O–H groups in total. The van der Waals surface area contributed by atoms with E-state index < -0.39 is 0 Å². The molecule has 106 valence electrons. The number of hydrogen-bond donors (Lipinski definition) is 1. The third-order valence-electron chi connectivity index (χ3n) is 3.62. The van der Waals surface area contributed by atoms with Gasteiger partial charge in [-0.2, -0.15) is 0 Å². The number of piperazine rings is 1. The normalized spacial score (nSPS) is 23.6. The smallest absolute Gasteiger partial charge is 0.222 e. The maximum Gasteiger partial charge on any atom is 0.222 e. The van der Waals surface area contributed by atoms with Crippen LogP contribution in [0.25, 0.3) is 0 Å². The lowest BCUT2D eigenvalue weighted by molar-refractivity contribution is -0.133. The summed E-state index contributed by atoms with van der Waals surface area (Å²) in [6.45, 7) is 8.77. The molecule has 1 aromatic heterocycles. The molecular weight excluding hydrogens is 240 g/mol. The van der Waals surface area contributed by atoms with Crippen LogP contribution in [-0.4, -0.2) is 45.5 Å². The number of carbonyl (C=O) groups is 1. The minimum atomic E-state index is 0.276. The highest BCUT2D eigenvalue weighted by molar-refractivity contribution is 5.76. The molecule has 1 aliphatic heterocycles. The molecule has 0 radical (unpaired) electrons. The highest BCUT2D eigenvalue weighted by atomic mass is 16.2. The summed E-state index contributed by atoms with van der Waals surface area (Å²) in [5.41, 5.74) is 0. The molecule has 5 nitrogen and oxygen atoms in total. The highest BCUT2D eigenvalue weighted by Gasteiger charge is 2.24. The molecule has 0 aliphatic carbocycles. The van der Waals surface area contributed by atoms with Gasteiger partial charge in [0.2, 0.25) is 5.91 Å². The average molecular weight is 264 g/mol. The van der Waals surface area contributed by atoms with Crippen LogP contribution in [0.5, 0.6) is 0 Å². The molecule has 1 aromatic rings. The quantitative estimate of drug-likeness (QED) is 0.888. The van der Waals surface area contributed by atoms with Crippen LogP contribution in [-0.2, 0) is 11.3 Å². The van der Waals surface area contributed by atoms with Gasteiger partial charge in [0, 0.05) is 50.5 Å². The summed E-state index contributed by atoms with van der Waals surface area (Å²) in [4.78, 5) is 18.4. The Morgan fingerprint density at radius 1 is 1.42 bits per heavy atom. The van der Waals surface area contributed by atoms with Gasteiger partial charge in [-0.25, -0.2) is 4.98 Å². The predicted octanol–water partition coefficient (Wildman–Crippen LogP) is 1.18. The second kappa shape index (κ2) is 6.19. The van der Waals surface area contributed by atoms with Crippen LogP contribution in [0.15, 0.2) is 12.4 Å². The summed E-state index contributed by atoms with van der Waals surface area (Å²) in [5, 5.41) is 3.44. The molecule has 2 rings (SSSR count). The number of rotatable bonds is 4. The van der Waals surface area contributed by atoms with Crippen LogP contribution in [0.2, 0.25) is 0 Å². The van der Waals surface area contributed by atoms with E-state index in [0.717, 1.165) is 31.9 Å². The first-order valence-corrected chi connectivity index (χ1v) is 7.08. The lowest BCUT2D eigenvalue weighted by Gasteiger charge is -2.36. The Balaban J connectivity index is 1.76. The van der Waals surface area contributed by atoms with Crippen LogP contribution in [0, 0.1) is 6.92 Å². The summed E-state index contributed by atoms with van der Waals surface area (Å²) in [6.07, 6.45) is 5.27. The van der Waals surface area contributed by atoms with E-state index in [2.05, 4.69) is 28.7 Å². The predicted molar refractivity (Wildman–Crippen MR) is 74.8 cm³/mol. The summed E-state index contributed by atoms with van der Waals surface area (Å²) in [6, 6.07) is 0.784. The summed E-state index contributed by atoms with van der Waals surface area (Å²) >= 11 is 0. The van der Waals surface area contributed by atoms with Crippen LogP contribution >= 0.6 is 0 Å². The molecular formula is C14H24N4O. The summed E-state index contributed by atoms with van der Waals surface area (Å²) in [5.74, 6) is 1.29. The van der Waals surface area contributed by atoms with Crippen molar-refractivity contribution in [3.05, 3.63) is 18.2 Å². The monoisotopic (exact) mass is 264 g/mol. The van der Waals surface area contributed by atoms with Gasteiger partial charge in [0.1, 0.15) is 5.82 Å². The number of imidazole rings is 1. The average Bonchev–Trinajstić information content (AvgIpc) is 2.74. The van der Waals surface area contributed by atoms with E-state index in [1.54, 1.807) is 6.20 Å². The van der Waals surface area contributed by atoms with Crippen molar-refractivity contribution in [2.45, 2.75) is 52.2 Å². The molecule has 2 heterocycles. The minimum Gasteiger partial charge on any atom is -0.340 e. The van der Waals surface area contributed by atoms with Crippen LogP contribution < -0.4 is 5.32 Å². The molecule has 1 fully saturated rings. The third-order valence-corrected chi connectivity index (χ3v) is 3.62. The van der Waals surface area contributed by atoms with E-state index in [-0.39, 0.29) is 5.91 Å². The first-order valence-electron chi connectivity index (χ1n) is 7.08. The van der Waals surface area contributed by atoms with Crippen molar-refractivity contribution in [1.29, 1.82) is 0 Å². The SMILES string of the molecule is Cc1nccn1CCCC(=O)N1C[C@@H](C)N[C@H](C)C1. The first-order chi connectivity index (χ1) is 9.06. The lowest BCUT2D eigenvalue weighted by Crippen LogP contribution is -2.55. The van der Waals surface area contributed by atoms with Gasteiger partial charge in [0.25, 0.3) is 0 Å². The molecule has 0 unspecified atom stereocenters. The number of nitrogens with zero attached hydrogens (tertiary/aromatic N) is 3. The van der Waals surface area contributed by atoms with Gasteiger partial charge in [-0.1, -0.05) is 0 Å². The Morgan fingerprint density at radius 3 is 2.68 bits per heavy atom. The molecule has 0 saturated carbocycles. The molecule has 0 bridgehead atoms. The number of nitrogens with one attached hydrogen (secondary N) is 1. The van der Waals surface area contributed by atoms with Crippen molar-refractivity contribution in [3.63, 3.8) is 0 Å². The van der Waals surface area contributed by atoms with Crippen molar-refractivity contribution >= 4 is 5.91 Å². The van der Waals surface area contributed by atoms with Crippen molar-refractivity contribution in [2.75, 3.05) is 13.1 Å². The molecule has 0 spiro atoms. The molecule has 1 aliphatic rings. The van der Waals surface area contributed by atoms with Crippen LogP contribution in [0.3, 0.4) is 0 Å². The minimum absolute atomic E-state index is 0.276. The number of hydrogen-bond acceptors (Lipinski definition) is 3.